The largest absolute Gasteiger partial charge is 0.377 e. The van der Waals surface area contributed by atoms with Crippen molar-refractivity contribution in [2.24, 2.45) is 4.99 Å². The van der Waals surface area contributed by atoms with Crippen molar-refractivity contribution >= 4 is 29.9 Å². The number of alkyl halides is 2. The van der Waals surface area contributed by atoms with Gasteiger partial charge in [-0.2, -0.15) is 0 Å². The Hall–Kier alpha value is -0.180. The lowest BCUT2D eigenvalue weighted by atomic mass is 10.1. The Morgan fingerprint density at radius 1 is 1.35 bits per heavy atom. The van der Waals surface area contributed by atoms with Crippen molar-refractivity contribution in [1.82, 2.24) is 10.6 Å². The highest BCUT2D eigenvalue weighted by Crippen LogP contribution is 2.06. The van der Waals surface area contributed by atoms with Crippen LogP contribution in [0.2, 0.25) is 0 Å². The molecule has 0 saturated heterocycles. The van der Waals surface area contributed by atoms with Gasteiger partial charge in [0, 0.05) is 13.7 Å². The first-order valence-corrected chi connectivity index (χ1v) is 5.26. The molecule has 0 saturated carbocycles. The molecular weight excluding hydrogens is 343 g/mol. The minimum absolute atomic E-state index is 0. The topological polar surface area (TPSA) is 45.7 Å². The molecule has 104 valence electrons. The van der Waals surface area contributed by atoms with Gasteiger partial charge in [0.25, 0.3) is 6.43 Å². The molecule has 0 bridgehead atoms. The van der Waals surface area contributed by atoms with Crippen LogP contribution >= 0.6 is 24.0 Å². The number of hydrogen-bond donors (Lipinski definition) is 2. The first kappa shape index (κ1) is 19.2. The Kier molecular flexibility index (Phi) is 11.1. The summed E-state index contributed by atoms with van der Waals surface area (Å²) < 4.78 is 29.2. The number of aliphatic imine (C=N–C) groups is 1. The fourth-order valence-electron chi connectivity index (χ4n) is 0.850. The monoisotopic (exact) mass is 365 g/mol. The van der Waals surface area contributed by atoms with Gasteiger partial charge in [-0.3, -0.25) is 4.99 Å². The standard InChI is InChI=1S/C10H21F2N3O.HI/c1-5-13-9(14-6-8(11)12)15-7-10(2,3)16-4;/h8H,5-7H2,1-4H3,(H2,13,14,15);1H. The van der Waals surface area contributed by atoms with Crippen molar-refractivity contribution in [3.05, 3.63) is 0 Å². The molecule has 0 atom stereocenters. The van der Waals surface area contributed by atoms with Crippen molar-refractivity contribution < 1.29 is 13.5 Å². The van der Waals surface area contributed by atoms with E-state index in [1.54, 1.807) is 7.11 Å². The normalized spacial score (nSPS) is 12.3. The Morgan fingerprint density at radius 2 is 1.94 bits per heavy atom. The summed E-state index contributed by atoms with van der Waals surface area (Å²) in [4.78, 5) is 4.16. The van der Waals surface area contributed by atoms with E-state index in [1.807, 2.05) is 20.8 Å². The minimum Gasteiger partial charge on any atom is -0.377 e. The number of hydrogen-bond acceptors (Lipinski definition) is 2. The van der Waals surface area contributed by atoms with Crippen LogP contribution in [0.3, 0.4) is 0 Å². The zero-order valence-electron chi connectivity index (χ0n) is 10.7. The molecule has 0 heterocycles. The molecule has 7 heteroatoms. The Balaban J connectivity index is 0. The fraction of sp³-hybridized carbons (Fsp3) is 0.900. The predicted octanol–water partition coefficient (Wildman–Crippen LogP) is 1.85. The Bertz CT molecular complexity index is 226. The molecule has 17 heavy (non-hydrogen) atoms. The van der Waals surface area contributed by atoms with Crippen LogP contribution in [0.25, 0.3) is 0 Å². The first-order valence-electron chi connectivity index (χ1n) is 5.26. The summed E-state index contributed by atoms with van der Waals surface area (Å²) >= 11 is 0. The smallest absolute Gasteiger partial charge is 0.255 e. The lowest BCUT2D eigenvalue weighted by molar-refractivity contribution is 0.0310. The number of nitrogens with zero attached hydrogens (tertiary/aromatic N) is 1. The van der Waals surface area contributed by atoms with Crippen molar-refractivity contribution in [3.63, 3.8) is 0 Å². The van der Waals surface area contributed by atoms with Gasteiger partial charge in [0.05, 0.1) is 18.7 Å². The predicted molar refractivity (Wildman–Crippen MR) is 76.5 cm³/mol. The van der Waals surface area contributed by atoms with Crippen LogP contribution < -0.4 is 10.6 Å². The maximum Gasteiger partial charge on any atom is 0.255 e. The summed E-state index contributed by atoms with van der Waals surface area (Å²) in [6, 6.07) is 0. The van der Waals surface area contributed by atoms with Crippen molar-refractivity contribution in [2.45, 2.75) is 32.8 Å². The second kappa shape index (κ2) is 9.81. The molecule has 0 aliphatic rings. The van der Waals surface area contributed by atoms with Gasteiger partial charge in [0.2, 0.25) is 0 Å². The van der Waals surface area contributed by atoms with E-state index in [-0.39, 0.29) is 24.0 Å². The van der Waals surface area contributed by atoms with Crippen LogP contribution in [0.5, 0.6) is 0 Å². The van der Waals surface area contributed by atoms with E-state index < -0.39 is 18.6 Å². The lowest BCUT2D eigenvalue weighted by Gasteiger charge is -2.21. The zero-order chi connectivity index (χ0) is 12.6. The molecule has 0 fully saturated rings. The van der Waals surface area contributed by atoms with E-state index in [0.717, 1.165) is 0 Å². The molecule has 0 amide bonds. The van der Waals surface area contributed by atoms with E-state index in [0.29, 0.717) is 19.0 Å². The van der Waals surface area contributed by atoms with Crippen molar-refractivity contribution in [1.29, 1.82) is 0 Å². The minimum atomic E-state index is -2.39. The van der Waals surface area contributed by atoms with Gasteiger partial charge in [0.1, 0.15) is 0 Å². The molecule has 0 unspecified atom stereocenters. The number of guanidine groups is 1. The van der Waals surface area contributed by atoms with Crippen LogP contribution in [-0.2, 0) is 4.74 Å². The highest BCUT2D eigenvalue weighted by Gasteiger charge is 2.15. The number of halogens is 3. The van der Waals surface area contributed by atoms with Crippen LogP contribution in [0.1, 0.15) is 20.8 Å². The van der Waals surface area contributed by atoms with Crippen LogP contribution in [-0.4, -0.2) is 44.7 Å². The SMILES string of the molecule is CCNC(=NCC(C)(C)OC)NCC(F)F.I. The molecule has 0 aromatic heterocycles. The molecule has 2 N–H and O–H groups in total. The zero-order valence-corrected chi connectivity index (χ0v) is 13.0. The molecule has 4 nitrogen and oxygen atoms in total. The van der Waals surface area contributed by atoms with Gasteiger partial charge >= 0.3 is 0 Å². The van der Waals surface area contributed by atoms with Gasteiger partial charge in [-0.1, -0.05) is 0 Å². The third-order valence-corrected chi connectivity index (χ3v) is 1.94. The number of rotatable bonds is 6. The molecule has 0 aliphatic carbocycles. The summed E-state index contributed by atoms with van der Waals surface area (Å²) in [5, 5.41) is 5.43. The quantitative estimate of drug-likeness (QED) is 0.429. The molecule has 0 aromatic carbocycles. The average Bonchev–Trinajstić information content (AvgIpc) is 2.22. The number of nitrogens with one attached hydrogen (secondary N) is 2. The summed E-state index contributed by atoms with van der Waals surface area (Å²) in [6.45, 7) is 6.27. The third kappa shape index (κ3) is 10.7. The van der Waals surface area contributed by atoms with E-state index >= 15 is 0 Å². The molecular formula is C10H22F2IN3O. The molecule has 0 radical (unpaired) electrons. The van der Waals surface area contributed by atoms with E-state index in [4.69, 9.17) is 4.74 Å². The van der Waals surface area contributed by atoms with Gasteiger partial charge in [-0.05, 0) is 20.8 Å². The van der Waals surface area contributed by atoms with Crippen LogP contribution in [0.4, 0.5) is 8.78 Å². The lowest BCUT2D eigenvalue weighted by Crippen LogP contribution is -2.41. The number of methoxy groups -OCH3 is 1. The van der Waals surface area contributed by atoms with E-state index in [9.17, 15) is 8.78 Å². The molecule has 0 rings (SSSR count). The molecule has 0 aromatic rings. The first-order chi connectivity index (χ1) is 7.41. The van der Waals surface area contributed by atoms with Crippen molar-refractivity contribution in [2.75, 3.05) is 26.7 Å². The van der Waals surface area contributed by atoms with Gasteiger partial charge in [-0.15, -0.1) is 24.0 Å². The average molecular weight is 365 g/mol. The van der Waals surface area contributed by atoms with Gasteiger partial charge in [-0.25, -0.2) is 8.78 Å². The van der Waals surface area contributed by atoms with Gasteiger partial charge in [0.15, 0.2) is 5.96 Å². The molecule has 0 spiro atoms. The number of ether oxygens (including phenoxy) is 1. The molecule has 0 aliphatic heterocycles. The highest BCUT2D eigenvalue weighted by molar-refractivity contribution is 14.0. The summed E-state index contributed by atoms with van der Waals surface area (Å²) in [5.41, 5.74) is -0.396. The Labute approximate surface area is 119 Å². The van der Waals surface area contributed by atoms with Crippen molar-refractivity contribution in [3.8, 4) is 0 Å². The van der Waals surface area contributed by atoms with Gasteiger partial charge < -0.3 is 15.4 Å². The third-order valence-electron chi connectivity index (χ3n) is 1.94. The highest BCUT2D eigenvalue weighted by atomic mass is 127. The summed E-state index contributed by atoms with van der Waals surface area (Å²) in [5.74, 6) is 0.382. The summed E-state index contributed by atoms with van der Waals surface area (Å²) in [6.07, 6.45) is -2.39. The maximum atomic E-state index is 12.0. The second-order valence-corrected chi connectivity index (χ2v) is 3.93. The van der Waals surface area contributed by atoms with Crippen LogP contribution in [0.15, 0.2) is 4.99 Å². The van der Waals surface area contributed by atoms with E-state index in [2.05, 4.69) is 15.6 Å². The Morgan fingerprint density at radius 3 is 2.35 bits per heavy atom. The maximum absolute atomic E-state index is 12.0. The summed E-state index contributed by atoms with van der Waals surface area (Å²) in [7, 11) is 1.59. The second-order valence-electron chi connectivity index (χ2n) is 3.93. The van der Waals surface area contributed by atoms with Crippen LogP contribution in [0, 0.1) is 0 Å². The van der Waals surface area contributed by atoms with E-state index in [1.165, 1.54) is 0 Å². The fourth-order valence-corrected chi connectivity index (χ4v) is 0.850.